The first-order valence-electron chi connectivity index (χ1n) is 26.4. The molecule has 0 amide bonds. The van der Waals surface area contributed by atoms with E-state index in [9.17, 15) is 48.6 Å². The predicted molar refractivity (Wildman–Crippen MR) is 285 cm³/mol. The van der Waals surface area contributed by atoms with E-state index in [2.05, 4.69) is 23.1 Å². The summed E-state index contributed by atoms with van der Waals surface area (Å²) in [6, 6.07) is 1.24. The standard InChI is InChI=1S/C53H87N3O16P2/c1-4-5-28-34-44(57)35-30-25-21-17-13-9-7-11-15-19-23-27-32-37-49(59)70-45(40-67-48(58)36-31-26-22-18-14-10-6-8-12-16-20-24-29-33-43(2)3)41-68-73(63,64)72-74(65,66)69-42-46-50(60)51(61)52(71-46)56-39-38-47(54)55-53(56)62/h5,9,11,13,15,21,23,25,27-28,30,35,38-39,43-46,50-52,57,60-61H,4,6-8,10,12,14,16-20,22,24,26,29,31-34,36-37,40-42H2,1-3H3,(H,63,64)(H,65,66)(H2,54,55,62)/b13-9-,15-11-,25-21+,27-23-,28-5-,35-30+/t44?,45-,46-,50-,51-,52-/m1/s1. The highest BCUT2D eigenvalue weighted by Gasteiger charge is 2.46. The summed E-state index contributed by atoms with van der Waals surface area (Å²) in [5.41, 5.74) is 4.58. The molecule has 1 aromatic heterocycles. The summed E-state index contributed by atoms with van der Waals surface area (Å²) in [6.45, 7) is 4.19. The maximum Gasteiger partial charge on any atom is 0.481 e. The number of carbonyl (C=O) groups is 2. The SMILES string of the molecule is CC/C=C\CC(O)/C=C/C=C/C/C=C\C/C=C\C/C=C\CCC(=O)O[C@H](COC(=O)CCCCCCCCCCCCCCCC(C)C)COP(=O)(O)OP(=O)(O)OC[C@H]1O[C@@H](n2ccc(N)nc2=O)[C@H](O)[C@@H]1O. The summed E-state index contributed by atoms with van der Waals surface area (Å²) in [5.74, 6) is -0.642. The van der Waals surface area contributed by atoms with Crippen LogP contribution in [0.25, 0.3) is 0 Å². The molecule has 0 aromatic carbocycles. The molecule has 2 rings (SSSR count). The number of nitrogen functional groups attached to an aromatic ring is 1. The van der Waals surface area contributed by atoms with Crippen LogP contribution in [-0.4, -0.2) is 96.9 Å². The molecule has 1 fully saturated rings. The van der Waals surface area contributed by atoms with Gasteiger partial charge in [-0.2, -0.15) is 9.29 Å². The van der Waals surface area contributed by atoms with Crippen LogP contribution in [0.3, 0.4) is 0 Å². The first-order chi connectivity index (χ1) is 35.4. The average molecular weight is 1080 g/mol. The van der Waals surface area contributed by atoms with E-state index in [-0.39, 0.29) is 18.7 Å². The first kappa shape index (κ1) is 66.3. The van der Waals surface area contributed by atoms with Crippen molar-refractivity contribution in [2.24, 2.45) is 5.92 Å². The zero-order chi connectivity index (χ0) is 54.5. The third kappa shape index (κ3) is 32.6. The molecule has 0 spiro atoms. The van der Waals surface area contributed by atoms with Gasteiger partial charge < -0.3 is 45.1 Å². The summed E-state index contributed by atoms with van der Waals surface area (Å²) < 4.78 is 56.7. The normalized spacial score (nSPS) is 20.0. The van der Waals surface area contributed by atoms with Gasteiger partial charge in [0.2, 0.25) is 0 Å². The maximum absolute atomic E-state index is 12.9. The van der Waals surface area contributed by atoms with Gasteiger partial charge in [-0.15, -0.1) is 0 Å². The number of esters is 2. The van der Waals surface area contributed by atoms with Crippen LogP contribution in [0.4, 0.5) is 5.82 Å². The van der Waals surface area contributed by atoms with Crippen molar-refractivity contribution in [2.75, 3.05) is 25.6 Å². The van der Waals surface area contributed by atoms with Gasteiger partial charge in [0.25, 0.3) is 0 Å². The molecule has 0 saturated carbocycles. The molecule has 8 atom stereocenters. The minimum absolute atomic E-state index is 0.0926. The lowest BCUT2D eigenvalue weighted by molar-refractivity contribution is -0.161. The lowest BCUT2D eigenvalue weighted by atomic mass is 10.0. The molecule has 0 bridgehead atoms. The van der Waals surface area contributed by atoms with Crippen molar-refractivity contribution < 1.29 is 71.4 Å². The number of hydrogen-bond acceptors (Lipinski definition) is 16. The summed E-state index contributed by atoms with van der Waals surface area (Å²) in [4.78, 5) is 61.9. The Balaban J connectivity index is 1.83. The second kappa shape index (κ2) is 39.5. The van der Waals surface area contributed by atoms with Crippen molar-refractivity contribution in [1.29, 1.82) is 0 Å². The van der Waals surface area contributed by atoms with E-state index in [0.29, 0.717) is 25.7 Å². The Morgan fingerprint density at radius 3 is 1.95 bits per heavy atom. The Labute approximate surface area is 438 Å². The van der Waals surface area contributed by atoms with Gasteiger partial charge in [0, 0.05) is 19.0 Å². The van der Waals surface area contributed by atoms with E-state index in [4.69, 9.17) is 29.0 Å². The molecule has 3 unspecified atom stereocenters. The highest BCUT2D eigenvalue weighted by Crippen LogP contribution is 2.60. The van der Waals surface area contributed by atoms with Gasteiger partial charge in [0.05, 0.1) is 19.3 Å². The van der Waals surface area contributed by atoms with Crippen LogP contribution in [0, 0.1) is 5.92 Å². The Morgan fingerprint density at radius 2 is 1.34 bits per heavy atom. The Hall–Kier alpha value is -3.84. The lowest BCUT2D eigenvalue weighted by Crippen LogP contribution is -2.36. The Kier molecular flexibility index (Phi) is 35.4. The second-order valence-corrected chi connectivity index (χ2v) is 21.7. The van der Waals surface area contributed by atoms with Crippen molar-refractivity contribution in [1.82, 2.24) is 9.55 Å². The van der Waals surface area contributed by atoms with Crippen molar-refractivity contribution >= 4 is 33.4 Å². The van der Waals surface area contributed by atoms with Crippen molar-refractivity contribution in [3.63, 3.8) is 0 Å². The van der Waals surface area contributed by atoms with Gasteiger partial charge in [-0.05, 0) is 56.9 Å². The molecule has 2 heterocycles. The molecule has 1 saturated heterocycles. The molecule has 19 nitrogen and oxygen atoms in total. The van der Waals surface area contributed by atoms with Crippen LogP contribution < -0.4 is 11.4 Å². The molecule has 7 N–H and O–H groups in total. The number of anilines is 1. The molecule has 21 heteroatoms. The number of rotatable bonds is 42. The van der Waals surface area contributed by atoms with E-state index >= 15 is 0 Å². The van der Waals surface area contributed by atoms with Crippen molar-refractivity contribution in [3.05, 3.63) is 95.7 Å². The Morgan fingerprint density at radius 1 is 0.757 bits per heavy atom. The number of carbonyl (C=O) groups excluding carboxylic acids is 2. The number of nitrogens with two attached hydrogens (primary N) is 1. The number of ether oxygens (including phenoxy) is 3. The molecule has 0 radical (unpaired) electrons. The van der Waals surface area contributed by atoms with Gasteiger partial charge in [-0.25, -0.2) is 13.9 Å². The number of phosphoric ester groups is 2. The third-order valence-electron chi connectivity index (χ3n) is 11.6. The van der Waals surface area contributed by atoms with Gasteiger partial charge in [0.15, 0.2) is 12.3 Å². The summed E-state index contributed by atoms with van der Waals surface area (Å²) >= 11 is 0. The molecule has 1 aliphatic rings. The van der Waals surface area contributed by atoms with E-state index < -0.39 is 89.8 Å². The number of unbranched alkanes of at least 4 members (excludes halogenated alkanes) is 12. The van der Waals surface area contributed by atoms with Crippen molar-refractivity contribution in [2.45, 2.75) is 199 Å². The largest absolute Gasteiger partial charge is 0.481 e. The van der Waals surface area contributed by atoms with Crippen LogP contribution >= 0.6 is 15.6 Å². The topological polar surface area (TPSA) is 286 Å². The number of aromatic nitrogens is 2. The van der Waals surface area contributed by atoms with Crippen LogP contribution in [0.2, 0.25) is 0 Å². The number of nitrogens with zero attached hydrogens (tertiary/aromatic N) is 2. The maximum atomic E-state index is 12.9. The van der Waals surface area contributed by atoms with E-state index in [1.54, 1.807) is 12.2 Å². The third-order valence-corrected chi connectivity index (χ3v) is 14.2. The van der Waals surface area contributed by atoms with E-state index in [0.717, 1.165) is 61.6 Å². The highest BCUT2D eigenvalue weighted by molar-refractivity contribution is 7.61. The quantitative estimate of drug-likeness (QED) is 0.0117. The van der Waals surface area contributed by atoms with Gasteiger partial charge in [-0.1, -0.05) is 177 Å². The molecule has 420 valence electrons. The van der Waals surface area contributed by atoms with Gasteiger partial charge in [0.1, 0.15) is 30.7 Å². The highest BCUT2D eigenvalue weighted by atomic mass is 31.3. The zero-order valence-corrected chi connectivity index (χ0v) is 45.7. The number of aliphatic hydroxyl groups excluding tert-OH is 3. The van der Waals surface area contributed by atoms with Crippen LogP contribution in [-0.2, 0) is 46.3 Å². The molecular formula is C53H87N3O16P2. The van der Waals surface area contributed by atoms with Crippen LogP contribution in [0.1, 0.15) is 168 Å². The van der Waals surface area contributed by atoms with Crippen LogP contribution in [0.15, 0.2) is 90.0 Å². The van der Waals surface area contributed by atoms with Gasteiger partial charge >= 0.3 is 33.3 Å². The predicted octanol–water partition coefficient (Wildman–Crippen LogP) is 10.1. The number of allylic oxidation sites excluding steroid dienone is 10. The average Bonchev–Trinajstić information content (AvgIpc) is 3.62. The summed E-state index contributed by atoms with van der Waals surface area (Å²) in [6.07, 6.45) is 36.2. The fraction of sp³-hybridized carbons (Fsp3) is 0.660. The molecule has 74 heavy (non-hydrogen) atoms. The van der Waals surface area contributed by atoms with Gasteiger partial charge in [-0.3, -0.25) is 23.2 Å². The molecule has 1 aliphatic heterocycles. The van der Waals surface area contributed by atoms with Crippen molar-refractivity contribution in [3.8, 4) is 0 Å². The fourth-order valence-corrected chi connectivity index (χ4v) is 9.60. The molecule has 1 aromatic rings. The fourth-order valence-electron chi connectivity index (χ4n) is 7.49. The Bertz CT molecular complexity index is 2060. The minimum atomic E-state index is -5.45. The van der Waals surface area contributed by atoms with E-state index in [1.807, 2.05) is 67.7 Å². The van der Waals surface area contributed by atoms with E-state index in [1.165, 1.54) is 63.9 Å². The molecule has 0 aliphatic carbocycles. The number of hydrogen-bond donors (Lipinski definition) is 6. The zero-order valence-electron chi connectivity index (χ0n) is 43.9. The summed E-state index contributed by atoms with van der Waals surface area (Å²) in [5, 5.41) is 30.8. The monoisotopic (exact) mass is 1080 g/mol. The molecular weight excluding hydrogens is 997 g/mol. The summed E-state index contributed by atoms with van der Waals surface area (Å²) in [7, 11) is -10.9. The minimum Gasteiger partial charge on any atom is -0.462 e. The smallest absolute Gasteiger partial charge is 0.462 e. The first-order valence-corrected chi connectivity index (χ1v) is 29.4. The lowest BCUT2D eigenvalue weighted by Gasteiger charge is -2.21. The van der Waals surface area contributed by atoms with Crippen LogP contribution in [0.5, 0.6) is 0 Å². The number of aliphatic hydroxyl groups is 3. The second-order valence-electron chi connectivity index (χ2n) is 18.7. The number of phosphoric acid groups is 2.